The van der Waals surface area contributed by atoms with Crippen molar-refractivity contribution in [2.45, 2.75) is 20.8 Å². The minimum atomic E-state index is 0.600. The van der Waals surface area contributed by atoms with E-state index in [2.05, 4.69) is 16.0 Å². The number of nitrogens with two attached hydrogens (primary N) is 1. The fraction of sp³-hybridized carbons (Fsp3) is 0.286. The number of benzene rings is 1. The Balaban J connectivity index is 2.74. The highest BCUT2D eigenvalue weighted by atomic mass is 16.5. The topological polar surface area (TPSA) is 61.0 Å². The molecule has 1 aromatic carbocycles. The van der Waals surface area contributed by atoms with Crippen molar-refractivity contribution in [3.63, 3.8) is 0 Å². The Morgan fingerprint density at radius 1 is 1.11 bits per heavy atom. The lowest BCUT2D eigenvalue weighted by Gasteiger charge is -2.14. The molecule has 0 aliphatic rings. The van der Waals surface area contributed by atoms with Gasteiger partial charge < -0.3 is 10.5 Å². The molecular weight excluding hydrogens is 226 g/mol. The molecule has 4 nitrogen and oxygen atoms in total. The average Bonchev–Trinajstić information content (AvgIpc) is 2.32. The zero-order valence-electron chi connectivity index (χ0n) is 11.1. The Morgan fingerprint density at radius 2 is 1.83 bits per heavy atom. The van der Waals surface area contributed by atoms with Gasteiger partial charge in [0.05, 0.1) is 18.5 Å². The second kappa shape index (κ2) is 4.64. The summed E-state index contributed by atoms with van der Waals surface area (Å²) in [5, 5.41) is 0. The van der Waals surface area contributed by atoms with Crippen molar-refractivity contribution in [2.75, 3.05) is 12.8 Å². The van der Waals surface area contributed by atoms with Crippen LogP contribution in [0.25, 0.3) is 11.3 Å². The smallest absolute Gasteiger partial charge is 0.128 e. The number of hydrogen-bond donors (Lipinski definition) is 1. The first-order valence-corrected chi connectivity index (χ1v) is 5.77. The number of anilines is 1. The number of aryl methyl sites for hydroxylation is 3. The van der Waals surface area contributed by atoms with E-state index in [1.807, 2.05) is 26.8 Å². The Kier molecular flexibility index (Phi) is 3.19. The van der Waals surface area contributed by atoms with E-state index in [0.717, 1.165) is 33.8 Å². The van der Waals surface area contributed by atoms with Crippen LogP contribution < -0.4 is 10.5 Å². The minimum Gasteiger partial charge on any atom is -0.496 e. The van der Waals surface area contributed by atoms with Crippen molar-refractivity contribution < 1.29 is 4.74 Å². The van der Waals surface area contributed by atoms with Gasteiger partial charge in [0.2, 0.25) is 0 Å². The van der Waals surface area contributed by atoms with Crippen molar-refractivity contribution >= 4 is 5.69 Å². The Labute approximate surface area is 107 Å². The second-order valence-electron chi connectivity index (χ2n) is 4.38. The molecule has 18 heavy (non-hydrogen) atoms. The standard InChI is InChI=1S/C14H17N3O/c1-8-5-9(2)12(11(6-8)18-4)14-13(15)10(3)16-7-17-14/h5-7H,15H2,1-4H3. The average molecular weight is 243 g/mol. The summed E-state index contributed by atoms with van der Waals surface area (Å²) in [6.07, 6.45) is 1.53. The molecule has 0 atom stereocenters. The van der Waals surface area contributed by atoms with Gasteiger partial charge in [0.1, 0.15) is 17.8 Å². The quantitative estimate of drug-likeness (QED) is 0.880. The van der Waals surface area contributed by atoms with Gasteiger partial charge in [-0.25, -0.2) is 9.97 Å². The van der Waals surface area contributed by atoms with E-state index >= 15 is 0 Å². The predicted molar refractivity (Wildman–Crippen MR) is 72.6 cm³/mol. The van der Waals surface area contributed by atoms with Gasteiger partial charge in [0.15, 0.2) is 0 Å². The zero-order chi connectivity index (χ0) is 13.3. The molecule has 0 saturated heterocycles. The van der Waals surface area contributed by atoms with Crippen LogP contribution in [0.5, 0.6) is 5.75 Å². The highest BCUT2D eigenvalue weighted by molar-refractivity contribution is 5.80. The van der Waals surface area contributed by atoms with E-state index in [-0.39, 0.29) is 0 Å². The Bertz CT molecular complexity index is 594. The molecule has 1 heterocycles. The van der Waals surface area contributed by atoms with Gasteiger partial charge in [-0.2, -0.15) is 0 Å². The number of ether oxygens (including phenoxy) is 1. The summed E-state index contributed by atoms with van der Waals surface area (Å²) in [7, 11) is 1.65. The molecule has 2 aromatic rings. The molecule has 0 spiro atoms. The van der Waals surface area contributed by atoms with Crippen LogP contribution in [-0.4, -0.2) is 17.1 Å². The maximum Gasteiger partial charge on any atom is 0.128 e. The van der Waals surface area contributed by atoms with Crippen LogP contribution >= 0.6 is 0 Å². The lowest BCUT2D eigenvalue weighted by molar-refractivity contribution is 0.415. The van der Waals surface area contributed by atoms with Crippen LogP contribution in [0, 0.1) is 20.8 Å². The van der Waals surface area contributed by atoms with Gasteiger partial charge in [0.25, 0.3) is 0 Å². The first kappa shape index (κ1) is 12.4. The number of rotatable bonds is 2. The van der Waals surface area contributed by atoms with Gasteiger partial charge in [0, 0.05) is 5.56 Å². The number of aromatic nitrogens is 2. The van der Waals surface area contributed by atoms with Gasteiger partial charge >= 0.3 is 0 Å². The minimum absolute atomic E-state index is 0.600. The molecule has 0 aliphatic heterocycles. The third-order valence-electron chi connectivity index (χ3n) is 2.98. The maximum atomic E-state index is 6.06. The van der Waals surface area contributed by atoms with Gasteiger partial charge in [-0.05, 0) is 38.0 Å². The lowest BCUT2D eigenvalue weighted by atomic mass is 10.00. The third kappa shape index (κ3) is 2.01. The number of methoxy groups -OCH3 is 1. The SMILES string of the molecule is COc1cc(C)cc(C)c1-c1ncnc(C)c1N. The Hall–Kier alpha value is -2.10. The molecular formula is C14H17N3O. The molecule has 94 valence electrons. The molecule has 0 aliphatic carbocycles. The molecule has 1 aromatic heterocycles. The van der Waals surface area contributed by atoms with Crippen LogP contribution in [0.3, 0.4) is 0 Å². The third-order valence-corrected chi connectivity index (χ3v) is 2.98. The predicted octanol–water partition coefficient (Wildman–Crippen LogP) is 2.66. The number of nitrogens with zero attached hydrogens (tertiary/aromatic N) is 2. The molecule has 2 rings (SSSR count). The summed E-state index contributed by atoms with van der Waals surface area (Å²) >= 11 is 0. The maximum absolute atomic E-state index is 6.06. The van der Waals surface area contributed by atoms with E-state index in [1.54, 1.807) is 7.11 Å². The van der Waals surface area contributed by atoms with Crippen LogP contribution in [0.15, 0.2) is 18.5 Å². The normalized spacial score (nSPS) is 10.4. The fourth-order valence-corrected chi connectivity index (χ4v) is 2.08. The molecule has 4 heteroatoms. The van der Waals surface area contributed by atoms with Crippen LogP contribution in [0.4, 0.5) is 5.69 Å². The van der Waals surface area contributed by atoms with Crippen molar-refractivity contribution in [1.29, 1.82) is 0 Å². The van der Waals surface area contributed by atoms with E-state index in [4.69, 9.17) is 10.5 Å². The molecule has 0 fully saturated rings. The van der Waals surface area contributed by atoms with E-state index in [1.165, 1.54) is 6.33 Å². The summed E-state index contributed by atoms with van der Waals surface area (Å²) in [6.45, 7) is 5.94. The molecule has 0 unspecified atom stereocenters. The van der Waals surface area contributed by atoms with Crippen molar-refractivity contribution in [1.82, 2.24) is 9.97 Å². The van der Waals surface area contributed by atoms with Crippen LogP contribution in [0.1, 0.15) is 16.8 Å². The first-order chi connectivity index (χ1) is 8.54. The summed E-state index contributed by atoms with van der Waals surface area (Å²) < 4.78 is 5.44. The number of nitrogen functional groups attached to an aromatic ring is 1. The lowest BCUT2D eigenvalue weighted by Crippen LogP contribution is -2.02. The van der Waals surface area contributed by atoms with Gasteiger partial charge in [-0.3, -0.25) is 0 Å². The van der Waals surface area contributed by atoms with Crippen molar-refractivity contribution in [2.24, 2.45) is 0 Å². The molecule has 0 radical (unpaired) electrons. The highest BCUT2D eigenvalue weighted by Gasteiger charge is 2.15. The molecule has 2 N–H and O–H groups in total. The van der Waals surface area contributed by atoms with Crippen LogP contribution in [0.2, 0.25) is 0 Å². The molecule has 0 bridgehead atoms. The Morgan fingerprint density at radius 3 is 2.50 bits per heavy atom. The van der Waals surface area contributed by atoms with Crippen LogP contribution in [-0.2, 0) is 0 Å². The zero-order valence-corrected chi connectivity index (χ0v) is 11.1. The number of hydrogen-bond acceptors (Lipinski definition) is 4. The fourth-order valence-electron chi connectivity index (χ4n) is 2.08. The van der Waals surface area contributed by atoms with E-state index in [0.29, 0.717) is 5.69 Å². The van der Waals surface area contributed by atoms with E-state index in [9.17, 15) is 0 Å². The summed E-state index contributed by atoms with van der Waals surface area (Å²) in [5.74, 6) is 0.789. The first-order valence-electron chi connectivity index (χ1n) is 5.77. The van der Waals surface area contributed by atoms with Crippen molar-refractivity contribution in [3.05, 3.63) is 35.3 Å². The largest absolute Gasteiger partial charge is 0.496 e. The summed E-state index contributed by atoms with van der Waals surface area (Å²) in [5.41, 5.74) is 11.4. The summed E-state index contributed by atoms with van der Waals surface area (Å²) in [6, 6.07) is 4.08. The summed E-state index contributed by atoms with van der Waals surface area (Å²) in [4.78, 5) is 8.38. The molecule has 0 saturated carbocycles. The molecule has 0 amide bonds. The second-order valence-corrected chi connectivity index (χ2v) is 4.38. The van der Waals surface area contributed by atoms with Gasteiger partial charge in [-0.15, -0.1) is 0 Å². The van der Waals surface area contributed by atoms with Crippen molar-refractivity contribution in [3.8, 4) is 17.0 Å². The monoisotopic (exact) mass is 243 g/mol. The van der Waals surface area contributed by atoms with E-state index < -0.39 is 0 Å². The van der Waals surface area contributed by atoms with Gasteiger partial charge in [-0.1, -0.05) is 6.07 Å². The highest BCUT2D eigenvalue weighted by Crippen LogP contribution is 2.36.